The Morgan fingerprint density at radius 3 is 2.91 bits per heavy atom. The topological polar surface area (TPSA) is 43.8 Å². The van der Waals surface area contributed by atoms with Crippen molar-refractivity contribution in [2.45, 2.75) is 18.9 Å². The number of nitrogens with zero attached hydrogens (tertiary/aromatic N) is 2. The zero-order chi connectivity index (χ0) is 7.68. The second-order valence-electron chi connectivity index (χ2n) is 3.15. The molecule has 1 aliphatic rings. The maximum absolute atomic E-state index is 5.60. The van der Waals surface area contributed by atoms with Gasteiger partial charge < -0.3 is 10.3 Å². The summed E-state index contributed by atoms with van der Waals surface area (Å²) in [6.07, 6.45) is 8.27. The third kappa shape index (κ3) is 1.05. The minimum atomic E-state index is 0.627. The second-order valence-corrected chi connectivity index (χ2v) is 3.15. The van der Waals surface area contributed by atoms with Crippen molar-refractivity contribution in [3.8, 4) is 0 Å². The summed E-state index contributed by atoms with van der Waals surface area (Å²) in [4.78, 5) is 4.02. The van der Waals surface area contributed by atoms with Crippen molar-refractivity contribution < 1.29 is 0 Å². The summed E-state index contributed by atoms with van der Waals surface area (Å²) in [5.41, 5.74) is 5.60. The molecule has 2 unspecified atom stereocenters. The molecule has 11 heavy (non-hydrogen) atoms. The summed E-state index contributed by atoms with van der Waals surface area (Å²) in [6, 6.07) is 0.627. The molecule has 1 saturated carbocycles. The van der Waals surface area contributed by atoms with E-state index in [-0.39, 0.29) is 0 Å². The van der Waals surface area contributed by atoms with Crippen LogP contribution in [0.15, 0.2) is 18.7 Å². The van der Waals surface area contributed by atoms with E-state index in [9.17, 15) is 0 Å². The van der Waals surface area contributed by atoms with E-state index >= 15 is 0 Å². The van der Waals surface area contributed by atoms with Crippen LogP contribution in [0.4, 0.5) is 0 Å². The first-order chi connectivity index (χ1) is 5.42. The molecule has 1 heterocycles. The fourth-order valence-electron chi connectivity index (χ4n) is 1.68. The number of hydrogen-bond acceptors (Lipinski definition) is 2. The van der Waals surface area contributed by atoms with Gasteiger partial charge in [-0.25, -0.2) is 4.98 Å². The van der Waals surface area contributed by atoms with Crippen LogP contribution in [0.2, 0.25) is 0 Å². The number of imidazole rings is 1. The predicted molar refractivity (Wildman–Crippen MR) is 43.0 cm³/mol. The van der Waals surface area contributed by atoms with E-state index in [1.165, 1.54) is 12.8 Å². The molecule has 0 aromatic carbocycles. The average molecular weight is 151 g/mol. The van der Waals surface area contributed by atoms with E-state index < -0.39 is 0 Å². The predicted octanol–water partition coefficient (Wildman–Crippen LogP) is 0.793. The van der Waals surface area contributed by atoms with Crippen LogP contribution in [0.25, 0.3) is 0 Å². The van der Waals surface area contributed by atoms with Crippen LogP contribution in [-0.4, -0.2) is 16.1 Å². The third-order valence-corrected chi connectivity index (χ3v) is 2.59. The van der Waals surface area contributed by atoms with Crippen LogP contribution in [-0.2, 0) is 0 Å². The number of nitrogens with two attached hydrogens (primary N) is 1. The van der Waals surface area contributed by atoms with Crippen molar-refractivity contribution in [1.29, 1.82) is 0 Å². The SMILES string of the molecule is NCC1CCC1n1ccnc1. The van der Waals surface area contributed by atoms with Crippen molar-refractivity contribution in [1.82, 2.24) is 9.55 Å². The van der Waals surface area contributed by atoms with Crippen molar-refractivity contribution >= 4 is 0 Å². The summed E-state index contributed by atoms with van der Waals surface area (Å²) >= 11 is 0. The van der Waals surface area contributed by atoms with Crippen LogP contribution in [0.3, 0.4) is 0 Å². The van der Waals surface area contributed by atoms with Gasteiger partial charge in [0.2, 0.25) is 0 Å². The first-order valence-corrected chi connectivity index (χ1v) is 4.09. The van der Waals surface area contributed by atoms with Gasteiger partial charge in [0.15, 0.2) is 0 Å². The maximum atomic E-state index is 5.60. The van der Waals surface area contributed by atoms with Crippen molar-refractivity contribution in [2.24, 2.45) is 11.7 Å². The molecular weight excluding hydrogens is 138 g/mol. The standard InChI is InChI=1S/C8H13N3/c9-5-7-1-2-8(7)11-4-3-10-6-11/h3-4,6-8H,1-2,5,9H2. The summed E-state index contributed by atoms with van der Waals surface area (Å²) in [6.45, 7) is 0.808. The molecule has 0 aliphatic heterocycles. The fraction of sp³-hybridized carbons (Fsp3) is 0.625. The van der Waals surface area contributed by atoms with Crippen LogP contribution < -0.4 is 5.73 Å². The molecule has 1 aliphatic carbocycles. The number of rotatable bonds is 2. The summed E-state index contributed by atoms with van der Waals surface area (Å²) < 4.78 is 2.17. The molecule has 1 fully saturated rings. The Kier molecular flexibility index (Phi) is 1.66. The molecule has 0 spiro atoms. The molecular formula is C8H13N3. The molecule has 2 atom stereocenters. The monoisotopic (exact) mass is 151 g/mol. The van der Waals surface area contributed by atoms with Gasteiger partial charge in [0.05, 0.1) is 6.33 Å². The highest BCUT2D eigenvalue weighted by molar-refractivity contribution is 4.90. The largest absolute Gasteiger partial charge is 0.334 e. The summed E-state index contributed by atoms with van der Waals surface area (Å²) in [7, 11) is 0. The van der Waals surface area contributed by atoms with Crippen molar-refractivity contribution in [2.75, 3.05) is 6.54 Å². The summed E-state index contributed by atoms with van der Waals surface area (Å²) in [5, 5.41) is 0. The van der Waals surface area contributed by atoms with Gasteiger partial charge in [-0.2, -0.15) is 0 Å². The molecule has 3 nitrogen and oxygen atoms in total. The van der Waals surface area contributed by atoms with Gasteiger partial charge in [-0.05, 0) is 25.3 Å². The molecule has 3 heteroatoms. The van der Waals surface area contributed by atoms with Gasteiger partial charge in [0.25, 0.3) is 0 Å². The molecule has 0 bridgehead atoms. The van der Waals surface area contributed by atoms with E-state index in [4.69, 9.17) is 5.73 Å². The third-order valence-electron chi connectivity index (χ3n) is 2.59. The Morgan fingerprint density at radius 2 is 2.45 bits per heavy atom. The maximum Gasteiger partial charge on any atom is 0.0948 e. The Balaban J connectivity index is 2.07. The lowest BCUT2D eigenvalue weighted by Gasteiger charge is -2.36. The molecule has 1 aromatic heterocycles. The van der Waals surface area contributed by atoms with Crippen molar-refractivity contribution in [3.05, 3.63) is 18.7 Å². The van der Waals surface area contributed by atoms with E-state index in [1.54, 1.807) is 0 Å². The zero-order valence-electron chi connectivity index (χ0n) is 6.48. The quantitative estimate of drug-likeness (QED) is 0.679. The molecule has 60 valence electrons. The lowest BCUT2D eigenvalue weighted by Crippen LogP contribution is -2.33. The normalized spacial score (nSPS) is 29.9. The minimum absolute atomic E-state index is 0.627. The Bertz CT molecular complexity index is 215. The lowest BCUT2D eigenvalue weighted by atomic mass is 9.79. The van der Waals surface area contributed by atoms with E-state index in [1.807, 2.05) is 18.7 Å². The molecule has 2 N–H and O–H groups in total. The molecule has 0 saturated heterocycles. The van der Waals surface area contributed by atoms with Crippen LogP contribution in [0, 0.1) is 5.92 Å². The molecule has 0 amide bonds. The van der Waals surface area contributed by atoms with Gasteiger partial charge in [0.1, 0.15) is 0 Å². The Morgan fingerprint density at radius 1 is 1.55 bits per heavy atom. The van der Waals surface area contributed by atoms with E-state index in [0.29, 0.717) is 12.0 Å². The van der Waals surface area contributed by atoms with Crippen LogP contribution in [0.1, 0.15) is 18.9 Å². The smallest absolute Gasteiger partial charge is 0.0948 e. The van der Waals surface area contributed by atoms with Crippen LogP contribution >= 0.6 is 0 Å². The minimum Gasteiger partial charge on any atom is -0.334 e. The van der Waals surface area contributed by atoms with Gasteiger partial charge in [-0.15, -0.1) is 0 Å². The van der Waals surface area contributed by atoms with E-state index in [2.05, 4.69) is 9.55 Å². The summed E-state index contributed by atoms with van der Waals surface area (Å²) in [5.74, 6) is 0.684. The first kappa shape index (κ1) is 6.85. The zero-order valence-corrected chi connectivity index (χ0v) is 6.48. The highest BCUT2D eigenvalue weighted by Crippen LogP contribution is 2.37. The molecule has 2 rings (SSSR count). The van der Waals surface area contributed by atoms with E-state index in [0.717, 1.165) is 6.54 Å². The van der Waals surface area contributed by atoms with Gasteiger partial charge >= 0.3 is 0 Å². The molecule has 0 radical (unpaired) electrons. The Hall–Kier alpha value is -0.830. The fourth-order valence-corrected chi connectivity index (χ4v) is 1.68. The highest BCUT2D eigenvalue weighted by atomic mass is 15.1. The van der Waals surface area contributed by atoms with Crippen molar-refractivity contribution in [3.63, 3.8) is 0 Å². The number of hydrogen-bond donors (Lipinski definition) is 1. The number of aromatic nitrogens is 2. The van der Waals surface area contributed by atoms with Gasteiger partial charge in [0, 0.05) is 18.4 Å². The average Bonchev–Trinajstić information content (AvgIpc) is 2.39. The van der Waals surface area contributed by atoms with Gasteiger partial charge in [-0.3, -0.25) is 0 Å². The Labute approximate surface area is 66.2 Å². The molecule has 1 aromatic rings. The van der Waals surface area contributed by atoms with Gasteiger partial charge in [-0.1, -0.05) is 0 Å². The highest BCUT2D eigenvalue weighted by Gasteiger charge is 2.30. The second kappa shape index (κ2) is 2.66. The lowest BCUT2D eigenvalue weighted by molar-refractivity contribution is 0.189. The van der Waals surface area contributed by atoms with Crippen LogP contribution in [0.5, 0.6) is 0 Å². The first-order valence-electron chi connectivity index (χ1n) is 4.09.